The van der Waals surface area contributed by atoms with Crippen molar-refractivity contribution in [2.75, 3.05) is 20.1 Å². The van der Waals surface area contributed by atoms with Crippen LogP contribution in [0.2, 0.25) is 4.34 Å². The van der Waals surface area contributed by atoms with Crippen LogP contribution in [-0.4, -0.2) is 36.0 Å². The van der Waals surface area contributed by atoms with Gasteiger partial charge in [-0.3, -0.25) is 0 Å². The van der Waals surface area contributed by atoms with Crippen LogP contribution in [0.1, 0.15) is 17.7 Å². The van der Waals surface area contributed by atoms with Gasteiger partial charge in [-0.2, -0.15) is 0 Å². The number of urea groups is 1. The number of hydrogen-bond donors (Lipinski definition) is 0. The maximum atomic E-state index is 12.0. The molecule has 0 bridgehead atoms. The highest BCUT2D eigenvalue weighted by Gasteiger charge is 2.21. The minimum Gasteiger partial charge on any atom is -0.325 e. The minimum atomic E-state index is 0.127. The highest BCUT2D eigenvalue weighted by Crippen LogP contribution is 2.23. The molecule has 1 saturated heterocycles. The molecular formula is C11H15ClN2OS. The van der Waals surface area contributed by atoms with Gasteiger partial charge in [0.15, 0.2) is 0 Å². The van der Waals surface area contributed by atoms with Crippen molar-refractivity contribution in [1.29, 1.82) is 0 Å². The molecule has 1 aliphatic rings. The molecule has 1 aliphatic heterocycles. The Labute approximate surface area is 105 Å². The van der Waals surface area contributed by atoms with Gasteiger partial charge in [0.1, 0.15) is 0 Å². The highest BCUT2D eigenvalue weighted by atomic mass is 35.5. The Kier molecular flexibility index (Phi) is 3.71. The summed E-state index contributed by atoms with van der Waals surface area (Å²) in [5.74, 6) is 0. The fourth-order valence-corrected chi connectivity index (χ4v) is 3.03. The van der Waals surface area contributed by atoms with E-state index >= 15 is 0 Å². The number of hydrogen-bond acceptors (Lipinski definition) is 2. The Hall–Kier alpha value is -0.740. The van der Waals surface area contributed by atoms with Gasteiger partial charge in [-0.15, -0.1) is 11.3 Å². The summed E-state index contributed by atoms with van der Waals surface area (Å²) in [6, 6.07) is 3.97. The van der Waals surface area contributed by atoms with Gasteiger partial charge in [0.2, 0.25) is 0 Å². The van der Waals surface area contributed by atoms with E-state index in [1.807, 2.05) is 24.1 Å². The third kappa shape index (κ3) is 2.68. The Morgan fingerprint density at radius 2 is 2.19 bits per heavy atom. The Morgan fingerprint density at radius 3 is 2.75 bits per heavy atom. The van der Waals surface area contributed by atoms with Crippen LogP contribution in [0, 0.1) is 0 Å². The van der Waals surface area contributed by atoms with Gasteiger partial charge < -0.3 is 9.80 Å². The number of likely N-dealkylation sites (tertiary alicyclic amines) is 1. The van der Waals surface area contributed by atoms with Crippen molar-refractivity contribution in [3.63, 3.8) is 0 Å². The summed E-state index contributed by atoms with van der Waals surface area (Å²) in [6.07, 6.45) is 2.26. The van der Waals surface area contributed by atoms with E-state index in [0.717, 1.165) is 35.1 Å². The summed E-state index contributed by atoms with van der Waals surface area (Å²) in [6.45, 7) is 2.44. The van der Waals surface area contributed by atoms with Crippen LogP contribution in [0.15, 0.2) is 12.1 Å². The molecule has 0 saturated carbocycles. The number of nitrogens with zero attached hydrogens (tertiary/aromatic N) is 2. The van der Waals surface area contributed by atoms with Crippen LogP contribution >= 0.6 is 22.9 Å². The number of carbonyl (C=O) groups excluding carboxylic acids is 1. The lowest BCUT2D eigenvalue weighted by Gasteiger charge is -2.23. The molecule has 1 fully saturated rings. The molecular weight excluding hydrogens is 244 g/mol. The van der Waals surface area contributed by atoms with Crippen molar-refractivity contribution in [2.24, 2.45) is 0 Å². The van der Waals surface area contributed by atoms with Crippen molar-refractivity contribution >= 4 is 29.0 Å². The zero-order chi connectivity index (χ0) is 11.5. The topological polar surface area (TPSA) is 23.6 Å². The number of halogens is 1. The largest absolute Gasteiger partial charge is 0.325 e. The van der Waals surface area contributed by atoms with E-state index in [0.29, 0.717) is 6.54 Å². The van der Waals surface area contributed by atoms with Crippen LogP contribution in [0.3, 0.4) is 0 Å². The Balaban J connectivity index is 1.91. The van der Waals surface area contributed by atoms with E-state index in [-0.39, 0.29) is 6.03 Å². The third-order valence-corrected chi connectivity index (χ3v) is 3.94. The van der Waals surface area contributed by atoms with E-state index in [1.165, 1.54) is 11.3 Å². The maximum Gasteiger partial charge on any atom is 0.320 e. The van der Waals surface area contributed by atoms with Crippen LogP contribution in [0.25, 0.3) is 0 Å². The normalized spacial score (nSPS) is 15.5. The van der Waals surface area contributed by atoms with Crippen molar-refractivity contribution < 1.29 is 4.79 Å². The quantitative estimate of drug-likeness (QED) is 0.800. The molecule has 0 atom stereocenters. The molecule has 1 aromatic heterocycles. The summed E-state index contributed by atoms with van der Waals surface area (Å²) >= 11 is 7.38. The van der Waals surface area contributed by atoms with Gasteiger partial charge in [-0.25, -0.2) is 4.79 Å². The summed E-state index contributed by atoms with van der Waals surface area (Å²) in [5.41, 5.74) is 0. The van der Waals surface area contributed by atoms with Crippen molar-refractivity contribution in [2.45, 2.75) is 19.4 Å². The molecule has 5 heteroatoms. The molecule has 3 nitrogen and oxygen atoms in total. The second-order valence-corrected chi connectivity index (χ2v) is 5.84. The molecule has 16 heavy (non-hydrogen) atoms. The monoisotopic (exact) mass is 258 g/mol. The number of amides is 2. The lowest BCUT2D eigenvalue weighted by Crippen LogP contribution is -2.38. The number of thiophene rings is 1. The predicted octanol–water partition coefficient (Wildman–Crippen LogP) is 3.05. The van der Waals surface area contributed by atoms with Crippen molar-refractivity contribution in [3.05, 3.63) is 21.3 Å². The highest BCUT2D eigenvalue weighted by molar-refractivity contribution is 7.16. The zero-order valence-electron chi connectivity index (χ0n) is 9.28. The first kappa shape index (κ1) is 11.7. The van der Waals surface area contributed by atoms with E-state index in [4.69, 9.17) is 11.6 Å². The van der Waals surface area contributed by atoms with Crippen LogP contribution in [0.4, 0.5) is 4.79 Å². The van der Waals surface area contributed by atoms with Gasteiger partial charge in [0.25, 0.3) is 0 Å². The molecule has 0 radical (unpaired) electrons. The van der Waals surface area contributed by atoms with Crippen molar-refractivity contribution in [1.82, 2.24) is 9.80 Å². The molecule has 0 N–H and O–H groups in total. The average Bonchev–Trinajstić information content (AvgIpc) is 2.88. The first-order valence-corrected chi connectivity index (χ1v) is 6.60. The minimum absolute atomic E-state index is 0.127. The van der Waals surface area contributed by atoms with Gasteiger partial charge in [-0.05, 0) is 25.0 Å². The molecule has 0 spiro atoms. The summed E-state index contributed by atoms with van der Waals surface area (Å²) in [5, 5.41) is 0. The fraction of sp³-hybridized carbons (Fsp3) is 0.545. The molecule has 2 amide bonds. The zero-order valence-corrected chi connectivity index (χ0v) is 10.9. The average molecular weight is 259 g/mol. The summed E-state index contributed by atoms with van der Waals surface area (Å²) < 4.78 is 0.775. The lowest BCUT2D eigenvalue weighted by molar-refractivity contribution is 0.171. The van der Waals surface area contributed by atoms with Crippen molar-refractivity contribution in [3.8, 4) is 0 Å². The van der Waals surface area contributed by atoms with Crippen LogP contribution in [-0.2, 0) is 6.54 Å². The lowest BCUT2D eigenvalue weighted by atomic mass is 10.4. The molecule has 2 heterocycles. The standard InChI is InChI=1S/C11H15ClN2OS/c1-13(8-9-4-5-10(12)16-9)11(15)14-6-2-3-7-14/h4-5H,2-3,6-8H2,1H3. The second-order valence-electron chi connectivity index (χ2n) is 4.04. The Morgan fingerprint density at radius 1 is 1.50 bits per heavy atom. The smallest absolute Gasteiger partial charge is 0.320 e. The first-order chi connectivity index (χ1) is 7.66. The second kappa shape index (κ2) is 5.06. The first-order valence-electron chi connectivity index (χ1n) is 5.41. The molecule has 0 aromatic carbocycles. The Bertz CT molecular complexity index is 374. The van der Waals surface area contributed by atoms with E-state index in [9.17, 15) is 4.79 Å². The predicted molar refractivity (Wildman–Crippen MR) is 67.0 cm³/mol. The van der Waals surface area contributed by atoms with E-state index in [1.54, 1.807) is 4.90 Å². The van der Waals surface area contributed by atoms with E-state index in [2.05, 4.69) is 0 Å². The fourth-order valence-electron chi connectivity index (χ4n) is 1.89. The molecule has 88 valence electrons. The molecule has 0 unspecified atom stereocenters. The molecule has 2 rings (SSSR count). The summed E-state index contributed by atoms with van der Waals surface area (Å²) in [4.78, 5) is 16.8. The summed E-state index contributed by atoms with van der Waals surface area (Å²) in [7, 11) is 1.84. The van der Waals surface area contributed by atoms with E-state index < -0.39 is 0 Å². The van der Waals surface area contributed by atoms with Crippen LogP contribution < -0.4 is 0 Å². The van der Waals surface area contributed by atoms with Gasteiger partial charge in [-0.1, -0.05) is 11.6 Å². The van der Waals surface area contributed by atoms with Crippen LogP contribution in [0.5, 0.6) is 0 Å². The van der Waals surface area contributed by atoms with Gasteiger partial charge in [0, 0.05) is 25.0 Å². The maximum absolute atomic E-state index is 12.0. The number of carbonyl (C=O) groups is 1. The number of rotatable bonds is 2. The third-order valence-electron chi connectivity index (χ3n) is 2.72. The molecule has 0 aliphatic carbocycles. The van der Waals surface area contributed by atoms with Gasteiger partial charge >= 0.3 is 6.03 Å². The SMILES string of the molecule is CN(Cc1ccc(Cl)s1)C(=O)N1CCCC1. The van der Waals surface area contributed by atoms with Gasteiger partial charge in [0.05, 0.1) is 10.9 Å². The molecule has 1 aromatic rings.